The van der Waals surface area contributed by atoms with Crippen LogP contribution < -0.4 is 0 Å². The van der Waals surface area contributed by atoms with Crippen LogP contribution in [-0.4, -0.2) is 40.0 Å². The fourth-order valence-electron chi connectivity index (χ4n) is 3.66. The lowest BCUT2D eigenvalue weighted by Crippen LogP contribution is -2.51. The van der Waals surface area contributed by atoms with Gasteiger partial charge < -0.3 is 9.42 Å². The molecule has 0 spiro atoms. The van der Waals surface area contributed by atoms with Gasteiger partial charge in [-0.2, -0.15) is 4.98 Å². The van der Waals surface area contributed by atoms with Crippen molar-refractivity contribution in [2.24, 2.45) is 5.92 Å². The monoisotopic (exact) mass is 361 g/mol. The molecule has 1 saturated heterocycles. The van der Waals surface area contributed by atoms with Gasteiger partial charge in [0.05, 0.1) is 5.92 Å². The van der Waals surface area contributed by atoms with Crippen molar-refractivity contribution in [2.45, 2.75) is 44.4 Å². The number of hydrogen-bond acceptors (Lipinski definition) is 4. The predicted molar refractivity (Wildman–Crippen MR) is 90.7 cm³/mol. The third-order valence-electron chi connectivity index (χ3n) is 5.33. The largest absolute Gasteiger partial charge is 0.341 e. The molecule has 1 amide bonds. The van der Waals surface area contributed by atoms with Crippen LogP contribution in [0, 0.1) is 12.8 Å². The number of carbonyl (C=O) groups excluding carboxylic acids is 1. The SMILES string of the molecule is Cc1cccc(-c2noc(C3CN(C(=O)C4CCC(F)(F)CC4)C3)n2)c1. The van der Waals surface area contributed by atoms with Gasteiger partial charge in [0, 0.05) is 37.4 Å². The average molecular weight is 361 g/mol. The molecule has 0 unspecified atom stereocenters. The second-order valence-corrected chi connectivity index (χ2v) is 7.40. The Hall–Kier alpha value is -2.31. The van der Waals surface area contributed by atoms with Gasteiger partial charge in [0.2, 0.25) is 23.5 Å². The zero-order chi connectivity index (χ0) is 18.3. The van der Waals surface area contributed by atoms with Gasteiger partial charge in [-0.1, -0.05) is 28.9 Å². The molecule has 5 nitrogen and oxygen atoms in total. The smallest absolute Gasteiger partial charge is 0.248 e. The fourth-order valence-corrected chi connectivity index (χ4v) is 3.66. The maximum atomic E-state index is 13.2. The van der Waals surface area contributed by atoms with Crippen molar-refractivity contribution in [2.75, 3.05) is 13.1 Å². The molecule has 0 atom stereocenters. The number of nitrogens with zero attached hydrogens (tertiary/aromatic N) is 3. The molecule has 7 heteroatoms. The molecule has 0 radical (unpaired) electrons. The maximum Gasteiger partial charge on any atom is 0.248 e. The summed E-state index contributed by atoms with van der Waals surface area (Å²) in [6, 6.07) is 7.86. The van der Waals surface area contributed by atoms with Crippen LogP contribution in [0.1, 0.15) is 43.1 Å². The summed E-state index contributed by atoms with van der Waals surface area (Å²) in [6.45, 7) is 3.03. The first-order chi connectivity index (χ1) is 12.4. The minimum absolute atomic E-state index is 0.0184. The Balaban J connectivity index is 1.34. The van der Waals surface area contributed by atoms with E-state index in [1.165, 1.54) is 0 Å². The van der Waals surface area contributed by atoms with E-state index in [0.717, 1.165) is 11.1 Å². The molecule has 1 aliphatic carbocycles. The number of carbonyl (C=O) groups is 1. The summed E-state index contributed by atoms with van der Waals surface area (Å²) in [6.07, 6.45) is 0.157. The van der Waals surface area contributed by atoms with Crippen LogP contribution in [0.3, 0.4) is 0 Å². The third kappa shape index (κ3) is 3.34. The summed E-state index contributed by atoms with van der Waals surface area (Å²) in [4.78, 5) is 18.6. The molecule has 2 heterocycles. The van der Waals surface area contributed by atoms with Crippen LogP contribution in [0.4, 0.5) is 8.78 Å². The molecule has 2 fully saturated rings. The molecule has 1 aromatic carbocycles. The highest BCUT2D eigenvalue weighted by molar-refractivity contribution is 5.80. The van der Waals surface area contributed by atoms with E-state index in [0.29, 0.717) is 24.8 Å². The molecule has 4 rings (SSSR count). The normalized spacial score (nSPS) is 20.8. The first-order valence-corrected chi connectivity index (χ1v) is 8.98. The quantitative estimate of drug-likeness (QED) is 0.834. The van der Waals surface area contributed by atoms with Gasteiger partial charge >= 0.3 is 0 Å². The Morgan fingerprint density at radius 3 is 2.69 bits per heavy atom. The molecule has 138 valence electrons. The Kier molecular flexibility index (Phi) is 4.25. The molecule has 1 aromatic heterocycles. The van der Waals surface area contributed by atoms with E-state index in [1.54, 1.807) is 4.90 Å². The highest BCUT2D eigenvalue weighted by Gasteiger charge is 2.42. The Morgan fingerprint density at radius 2 is 2.00 bits per heavy atom. The van der Waals surface area contributed by atoms with Gasteiger partial charge in [0.1, 0.15) is 0 Å². The second-order valence-electron chi connectivity index (χ2n) is 7.40. The second kappa shape index (κ2) is 6.45. The molecule has 1 aliphatic heterocycles. The molecular weight excluding hydrogens is 340 g/mol. The number of rotatable bonds is 3. The molecule has 26 heavy (non-hydrogen) atoms. The van der Waals surface area contributed by atoms with Gasteiger partial charge in [0.15, 0.2) is 0 Å². The van der Waals surface area contributed by atoms with Crippen LogP contribution in [0.25, 0.3) is 11.4 Å². The number of alkyl halides is 2. The van der Waals surface area contributed by atoms with Crippen molar-refractivity contribution >= 4 is 5.91 Å². The fraction of sp³-hybridized carbons (Fsp3) is 0.526. The summed E-state index contributed by atoms with van der Waals surface area (Å²) in [7, 11) is 0. The third-order valence-corrected chi connectivity index (χ3v) is 5.33. The lowest BCUT2D eigenvalue weighted by molar-refractivity contribution is -0.144. The van der Waals surface area contributed by atoms with E-state index in [-0.39, 0.29) is 43.4 Å². The van der Waals surface area contributed by atoms with Crippen molar-refractivity contribution in [3.8, 4) is 11.4 Å². The number of likely N-dealkylation sites (tertiary alicyclic amines) is 1. The summed E-state index contributed by atoms with van der Waals surface area (Å²) >= 11 is 0. The Labute approximate surface area is 150 Å². The van der Waals surface area contributed by atoms with Gasteiger partial charge in [-0.3, -0.25) is 4.79 Å². The van der Waals surface area contributed by atoms with Crippen molar-refractivity contribution in [1.82, 2.24) is 15.0 Å². The highest BCUT2D eigenvalue weighted by Crippen LogP contribution is 2.38. The first-order valence-electron chi connectivity index (χ1n) is 8.98. The number of aromatic nitrogens is 2. The summed E-state index contributed by atoms with van der Waals surface area (Å²) in [5.74, 6) is -1.81. The zero-order valence-corrected chi connectivity index (χ0v) is 14.6. The first kappa shape index (κ1) is 17.1. The predicted octanol–water partition coefficient (Wildman–Crippen LogP) is 3.80. The number of amides is 1. The summed E-state index contributed by atoms with van der Waals surface area (Å²) in [5.41, 5.74) is 2.02. The summed E-state index contributed by atoms with van der Waals surface area (Å²) in [5, 5.41) is 4.03. The molecule has 0 N–H and O–H groups in total. The minimum Gasteiger partial charge on any atom is -0.341 e. The van der Waals surface area contributed by atoms with Gasteiger partial charge in [-0.15, -0.1) is 0 Å². The van der Waals surface area contributed by atoms with Crippen molar-refractivity contribution in [3.05, 3.63) is 35.7 Å². The van der Waals surface area contributed by atoms with Crippen LogP contribution in [0.15, 0.2) is 28.8 Å². The zero-order valence-electron chi connectivity index (χ0n) is 14.6. The van der Waals surface area contributed by atoms with Crippen LogP contribution in [0.5, 0.6) is 0 Å². The van der Waals surface area contributed by atoms with Gasteiger partial charge in [-0.05, 0) is 25.8 Å². The lowest BCUT2D eigenvalue weighted by Gasteiger charge is -2.40. The van der Waals surface area contributed by atoms with E-state index >= 15 is 0 Å². The van der Waals surface area contributed by atoms with Gasteiger partial charge in [0.25, 0.3) is 0 Å². The average Bonchev–Trinajstić information content (AvgIpc) is 3.03. The van der Waals surface area contributed by atoms with Gasteiger partial charge in [-0.25, -0.2) is 8.78 Å². The molecule has 2 aromatic rings. The van der Waals surface area contributed by atoms with Crippen molar-refractivity contribution < 1.29 is 18.1 Å². The number of aryl methyl sites for hydroxylation is 1. The number of hydrogen-bond donors (Lipinski definition) is 0. The lowest BCUT2D eigenvalue weighted by atomic mass is 9.84. The molecular formula is C19H21F2N3O2. The van der Waals surface area contributed by atoms with E-state index in [4.69, 9.17) is 4.52 Å². The topological polar surface area (TPSA) is 59.2 Å². The molecule has 2 aliphatic rings. The summed E-state index contributed by atoms with van der Waals surface area (Å²) < 4.78 is 31.8. The van der Waals surface area contributed by atoms with E-state index in [1.807, 2.05) is 31.2 Å². The Morgan fingerprint density at radius 1 is 1.27 bits per heavy atom. The minimum atomic E-state index is -2.61. The van der Waals surface area contributed by atoms with Crippen molar-refractivity contribution in [3.63, 3.8) is 0 Å². The van der Waals surface area contributed by atoms with E-state index < -0.39 is 5.92 Å². The maximum absolute atomic E-state index is 13.2. The van der Waals surface area contributed by atoms with Crippen LogP contribution in [0.2, 0.25) is 0 Å². The molecule has 0 bridgehead atoms. The standard InChI is InChI=1S/C19H21F2N3O2/c1-12-3-2-4-14(9-12)16-22-17(26-23-16)15-10-24(11-15)18(25)13-5-7-19(20,21)8-6-13/h2-4,9,13,15H,5-8,10-11H2,1H3. The van der Waals surface area contributed by atoms with Crippen molar-refractivity contribution in [1.29, 1.82) is 0 Å². The Bertz CT molecular complexity index is 805. The highest BCUT2D eigenvalue weighted by atomic mass is 19.3. The molecule has 1 saturated carbocycles. The number of halogens is 2. The van der Waals surface area contributed by atoms with E-state index in [9.17, 15) is 13.6 Å². The number of benzene rings is 1. The van der Waals surface area contributed by atoms with Crippen LogP contribution >= 0.6 is 0 Å². The van der Waals surface area contributed by atoms with Crippen LogP contribution in [-0.2, 0) is 4.79 Å². The van der Waals surface area contributed by atoms with E-state index in [2.05, 4.69) is 10.1 Å².